The Balaban J connectivity index is 1.33. The van der Waals surface area contributed by atoms with Crippen molar-refractivity contribution in [2.45, 2.75) is 19.8 Å². The lowest BCUT2D eigenvalue weighted by atomic mass is 9.96. The minimum absolute atomic E-state index is 0.0102. The minimum Gasteiger partial charge on any atom is -0.355 e. The smallest absolute Gasteiger partial charge is 0.228 e. The minimum atomic E-state index is 0.0102. The van der Waals surface area contributed by atoms with E-state index in [-0.39, 0.29) is 11.8 Å². The molecule has 134 valence electrons. The summed E-state index contributed by atoms with van der Waals surface area (Å²) in [6, 6.07) is 5.68. The summed E-state index contributed by atoms with van der Waals surface area (Å²) >= 11 is 1.32. The molecular weight excluding hydrogens is 352 g/mol. The number of aryl methyl sites for hydroxylation is 1. The molecule has 1 amide bonds. The Morgan fingerprint density at radius 2 is 2.00 bits per heavy atom. The van der Waals surface area contributed by atoms with Gasteiger partial charge in [0.2, 0.25) is 5.91 Å². The monoisotopic (exact) mass is 370 g/mol. The van der Waals surface area contributed by atoms with Crippen LogP contribution in [-0.2, 0) is 4.79 Å². The van der Waals surface area contributed by atoms with Gasteiger partial charge >= 0.3 is 0 Å². The van der Waals surface area contributed by atoms with Crippen LogP contribution >= 0.6 is 11.5 Å². The largest absolute Gasteiger partial charge is 0.355 e. The Morgan fingerprint density at radius 1 is 1.23 bits per heavy atom. The van der Waals surface area contributed by atoms with Crippen molar-refractivity contribution >= 4 is 28.3 Å². The number of aromatic nitrogens is 6. The number of carbonyl (C=O) groups is 1. The van der Waals surface area contributed by atoms with Gasteiger partial charge in [0, 0.05) is 19.0 Å². The predicted octanol–water partition coefficient (Wildman–Crippen LogP) is 1.68. The Hall–Kier alpha value is -2.88. The van der Waals surface area contributed by atoms with Crippen LogP contribution in [0.5, 0.6) is 0 Å². The number of nitrogens with zero attached hydrogens (tertiary/aromatic N) is 7. The average molecular weight is 370 g/mol. The molecule has 1 saturated heterocycles. The number of nitrogens with one attached hydrogen (secondary N) is 1. The first-order chi connectivity index (χ1) is 12.7. The molecule has 0 radical (unpaired) electrons. The molecule has 4 rings (SSSR count). The average Bonchev–Trinajstić information content (AvgIpc) is 3.34. The second-order valence-corrected chi connectivity index (χ2v) is 6.98. The first-order valence-electron chi connectivity index (χ1n) is 8.37. The van der Waals surface area contributed by atoms with E-state index in [4.69, 9.17) is 0 Å². The van der Waals surface area contributed by atoms with Gasteiger partial charge in [-0.05, 0) is 49.5 Å². The van der Waals surface area contributed by atoms with E-state index in [0.29, 0.717) is 5.82 Å². The van der Waals surface area contributed by atoms with Gasteiger partial charge in [-0.25, -0.2) is 9.67 Å². The highest BCUT2D eigenvalue weighted by Gasteiger charge is 2.26. The number of carbonyl (C=O) groups excluding carboxylic acids is 1. The van der Waals surface area contributed by atoms with Crippen LogP contribution < -0.4 is 10.2 Å². The van der Waals surface area contributed by atoms with Gasteiger partial charge in [-0.3, -0.25) is 4.79 Å². The molecule has 0 aromatic carbocycles. The molecule has 1 N–H and O–H groups in total. The van der Waals surface area contributed by atoms with Gasteiger partial charge < -0.3 is 10.2 Å². The number of anilines is 2. The van der Waals surface area contributed by atoms with E-state index < -0.39 is 0 Å². The summed E-state index contributed by atoms with van der Waals surface area (Å²) in [6.07, 6.45) is 4.61. The molecule has 4 heterocycles. The first-order valence-corrected chi connectivity index (χ1v) is 9.14. The molecule has 0 bridgehead atoms. The lowest BCUT2D eigenvalue weighted by Crippen LogP contribution is -2.38. The summed E-state index contributed by atoms with van der Waals surface area (Å²) in [5.41, 5.74) is 0.924. The van der Waals surface area contributed by atoms with Gasteiger partial charge in [0.25, 0.3) is 0 Å². The van der Waals surface area contributed by atoms with E-state index in [1.807, 2.05) is 25.1 Å². The van der Waals surface area contributed by atoms with Crippen molar-refractivity contribution < 1.29 is 4.79 Å². The Labute approximate surface area is 154 Å². The Bertz CT molecular complexity index is 868. The molecule has 0 atom stereocenters. The van der Waals surface area contributed by atoms with Crippen LogP contribution in [0.4, 0.5) is 10.8 Å². The SMILES string of the molecule is Cc1cc(NC(=O)C2CCN(c3ccc(-n4cncn4)nn3)CC2)sn1. The van der Waals surface area contributed by atoms with Gasteiger partial charge in [-0.1, -0.05) is 0 Å². The normalized spacial score (nSPS) is 15.2. The third-order valence-corrected chi connectivity index (χ3v) is 5.15. The molecular formula is C16H18N8OS. The van der Waals surface area contributed by atoms with Gasteiger partial charge in [-0.2, -0.15) is 9.47 Å². The van der Waals surface area contributed by atoms with Crippen LogP contribution in [0.15, 0.2) is 30.9 Å². The zero-order valence-electron chi connectivity index (χ0n) is 14.2. The van der Waals surface area contributed by atoms with Crippen LogP contribution in [0, 0.1) is 12.8 Å². The zero-order chi connectivity index (χ0) is 17.9. The van der Waals surface area contributed by atoms with Crippen molar-refractivity contribution in [1.29, 1.82) is 0 Å². The van der Waals surface area contributed by atoms with Gasteiger partial charge in [0.1, 0.15) is 17.7 Å². The molecule has 9 nitrogen and oxygen atoms in total. The highest BCUT2D eigenvalue weighted by atomic mass is 32.1. The fraction of sp³-hybridized carbons (Fsp3) is 0.375. The van der Waals surface area contributed by atoms with Crippen LogP contribution in [0.1, 0.15) is 18.5 Å². The molecule has 0 aliphatic carbocycles. The van der Waals surface area contributed by atoms with Gasteiger partial charge in [-0.15, -0.1) is 10.2 Å². The van der Waals surface area contributed by atoms with Crippen molar-refractivity contribution in [3.05, 3.63) is 36.5 Å². The molecule has 1 aliphatic heterocycles. The number of hydrogen-bond acceptors (Lipinski definition) is 8. The molecule has 0 saturated carbocycles. The van der Waals surface area contributed by atoms with Crippen molar-refractivity contribution in [2.75, 3.05) is 23.3 Å². The van der Waals surface area contributed by atoms with E-state index in [9.17, 15) is 4.79 Å². The summed E-state index contributed by atoms with van der Waals surface area (Å²) < 4.78 is 5.75. The number of amides is 1. The second-order valence-electron chi connectivity index (χ2n) is 6.17. The lowest BCUT2D eigenvalue weighted by Gasteiger charge is -2.31. The van der Waals surface area contributed by atoms with E-state index in [1.165, 1.54) is 17.9 Å². The van der Waals surface area contributed by atoms with Crippen molar-refractivity contribution in [3.8, 4) is 5.82 Å². The predicted molar refractivity (Wildman–Crippen MR) is 97.4 cm³/mol. The van der Waals surface area contributed by atoms with E-state index in [2.05, 4.69) is 34.9 Å². The number of rotatable bonds is 4. The number of piperidine rings is 1. The third kappa shape index (κ3) is 3.54. The fourth-order valence-corrected chi connectivity index (χ4v) is 3.62. The van der Waals surface area contributed by atoms with Crippen molar-refractivity contribution in [3.63, 3.8) is 0 Å². The fourth-order valence-electron chi connectivity index (χ4n) is 2.95. The molecule has 1 fully saturated rings. The summed E-state index contributed by atoms with van der Waals surface area (Å²) in [4.78, 5) is 18.5. The van der Waals surface area contributed by atoms with E-state index in [1.54, 1.807) is 11.0 Å². The standard InChI is InChI=1S/C16H18N8OS/c1-11-8-15(26-22-11)19-16(25)12-4-6-23(7-5-12)13-2-3-14(21-20-13)24-10-17-9-18-24/h2-3,8-10,12H,4-7H2,1H3,(H,19,25). The molecule has 0 spiro atoms. The molecule has 3 aromatic rings. The lowest BCUT2D eigenvalue weighted by molar-refractivity contribution is -0.120. The summed E-state index contributed by atoms with van der Waals surface area (Å²) in [6.45, 7) is 3.47. The Kier molecular flexibility index (Phi) is 4.57. The highest BCUT2D eigenvalue weighted by molar-refractivity contribution is 7.10. The Morgan fingerprint density at radius 3 is 2.62 bits per heavy atom. The van der Waals surface area contributed by atoms with E-state index in [0.717, 1.165) is 42.4 Å². The highest BCUT2D eigenvalue weighted by Crippen LogP contribution is 2.24. The van der Waals surface area contributed by atoms with Crippen LogP contribution in [-0.4, -0.2) is 48.3 Å². The van der Waals surface area contributed by atoms with Crippen LogP contribution in [0.25, 0.3) is 5.82 Å². The summed E-state index contributed by atoms with van der Waals surface area (Å²) in [5.74, 6) is 1.52. The zero-order valence-corrected chi connectivity index (χ0v) is 15.1. The topological polar surface area (TPSA) is 102 Å². The molecule has 0 unspecified atom stereocenters. The molecule has 3 aromatic heterocycles. The van der Waals surface area contributed by atoms with Crippen molar-refractivity contribution in [1.82, 2.24) is 29.3 Å². The van der Waals surface area contributed by atoms with Crippen molar-refractivity contribution in [2.24, 2.45) is 5.92 Å². The second kappa shape index (κ2) is 7.16. The van der Waals surface area contributed by atoms with Gasteiger partial charge in [0.05, 0.1) is 5.69 Å². The molecule has 10 heteroatoms. The maximum atomic E-state index is 12.4. The third-order valence-electron chi connectivity index (χ3n) is 4.35. The molecule has 1 aliphatic rings. The van der Waals surface area contributed by atoms with Crippen LogP contribution in [0.3, 0.4) is 0 Å². The summed E-state index contributed by atoms with van der Waals surface area (Å²) in [7, 11) is 0. The van der Waals surface area contributed by atoms with Crippen LogP contribution in [0.2, 0.25) is 0 Å². The quantitative estimate of drug-likeness (QED) is 0.745. The number of hydrogen-bond donors (Lipinski definition) is 1. The summed E-state index contributed by atoms with van der Waals surface area (Å²) in [5, 5.41) is 16.3. The first kappa shape index (κ1) is 16.6. The van der Waals surface area contributed by atoms with E-state index >= 15 is 0 Å². The maximum absolute atomic E-state index is 12.4. The maximum Gasteiger partial charge on any atom is 0.228 e. The van der Waals surface area contributed by atoms with Gasteiger partial charge in [0.15, 0.2) is 11.6 Å². The molecule has 26 heavy (non-hydrogen) atoms.